The fourth-order valence-corrected chi connectivity index (χ4v) is 3.08. The normalized spacial score (nSPS) is 11.5. The van der Waals surface area contributed by atoms with E-state index in [9.17, 15) is 18.0 Å². The summed E-state index contributed by atoms with van der Waals surface area (Å²) in [7, 11) is 0. The van der Waals surface area contributed by atoms with E-state index in [1.54, 1.807) is 0 Å². The van der Waals surface area contributed by atoms with Crippen LogP contribution < -0.4 is 11.1 Å². The molecule has 0 saturated carbocycles. The number of amides is 2. The van der Waals surface area contributed by atoms with Gasteiger partial charge in [0, 0.05) is 4.88 Å². The summed E-state index contributed by atoms with van der Waals surface area (Å²) in [5, 5.41) is 9.68. The molecule has 1 aromatic carbocycles. The number of halogens is 3. The number of primary amides is 1. The summed E-state index contributed by atoms with van der Waals surface area (Å²) in [6.07, 6.45) is -3.34. The Bertz CT molecular complexity index is 875. The lowest BCUT2D eigenvalue weighted by atomic mass is 10.1. The highest BCUT2D eigenvalue weighted by Gasteiger charge is 2.30. The van der Waals surface area contributed by atoms with Crippen LogP contribution in [0.1, 0.15) is 5.56 Å². The molecule has 0 unspecified atom stereocenters. The molecular formula is C14H9F3N4O2S. The Labute approximate surface area is 137 Å². The Morgan fingerprint density at radius 3 is 2.71 bits per heavy atom. The standard InChI is InChI=1S/C14H9F3N4O2S/c15-14(16,17)8-3-1-2-7(4-8)10-5-9(20-13(18)22)11(24-10)12-21-19-6-23-12/h1-6H,(H3,18,20,22). The maximum absolute atomic E-state index is 12.9. The van der Waals surface area contributed by atoms with Gasteiger partial charge in [-0.25, -0.2) is 4.79 Å². The number of carbonyl (C=O) groups is 1. The zero-order valence-electron chi connectivity index (χ0n) is 11.8. The molecule has 2 amide bonds. The number of hydrogen-bond acceptors (Lipinski definition) is 5. The van der Waals surface area contributed by atoms with Crippen LogP contribution in [0.25, 0.3) is 21.2 Å². The van der Waals surface area contributed by atoms with E-state index >= 15 is 0 Å². The van der Waals surface area contributed by atoms with Crippen molar-refractivity contribution >= 4 is 23.1 Å². The van der Waals surface area contributed by atoms with Gasteiger partial charge in [0.05, 0.1) is 11.3 Å². The van der Waals surface area contributed by atoms with Crippen LogP contribution in [0.4, 0.5) is 23.7 Å². The molecule has 6 nitrogen and oxygen atoms in total. The van der Waals surface area contributed by atoms with Crippen molar-refractivity contribution in [3.63, 3.8) is 0 Å². The van der Waals surface area contributed by atoms with Crippen molar-refractivity contribution in [3.8, 4) is 21.2 Å². The van der Waals surface area contributed by atoms with Crippen LogP contribution in [0.2, 0.25) is 0 Å². The van der Waals surface area contributed by atoms with Crippen molar-refractivity contribution in [2.45, 2.75) is 6.18 Å². The van der Waals surface area contributed by atoms with Gasteiger partial charge in [-0.3, -0.25) is 0 Å². The highest BCUT2D eigenvalue weighted by Crippen LogP contribution is 2.41. The van der Waals surface area contributed by atoms with Gasteiger partial charge in [-0.15, -0.1) is 21.5 Å². The van der Waals surface area contributed by atoms with Gasteiger partial charge in [-0.2, -0.15) is 13.2 Å². The first kappa shape index (κ1) is 16.0. The number of alkyl halides is 3. The average molecular weight is 354 g/mol. The topological polar surface area (TPSA) is 94.0 Å². The summed E-state index contributed by atoms with van der Waals surface area (Å²) < 4.78 is 43.7. The van der Waals surface area contributed by atoms with Crippen LogP contribution in [-0.4, -0.2) is 16.2 Å². The molecule has 0 atom stereocenters. The molecule has 124 valence electrons. The Morgan fingerprint density at radius 2 is 2.08 bits per heavy atom. The molecule has 0 fully saturated rings. The van der Waals surface area contributed by atoms with Crippen LogP contribution in [0.5, 0.6) is 0 Å². The summed E-state index contributed by atoms with van der Waals surface area (Å²) in [5.41, 5.74) is 4.97. The van der Waals surface area contributed by atoms with Gasteiger partial charge in [0.25, 0.3) is 5.89 Å². The van der Waals surface area contributed by atoms with Crippen molar-refractivity contribution in [2.75, 3.05) is 5.32 Å². The van der Waals surface area contributed by atoms with Crippen molar-refractivity contribution in [3.05, 3.63) is 42.3 Å². The van der Waals surface area contributed by atoms with Gasteiger partial charge in [0.2, 0.25) is 6.39 Å². The quantitative estimate of drug-likeness (QED) is 0.744. The van der Waals surface area contributed by atoms with Crippen molar-refractivity contribution in [1.82, 2.24) is 10.2 Å². The fourth-order valence-electron chi connectivity index (χ4n) is 2.04. The second-order valence-corrected chi connectivity index (χ2v) is 5.72. The maximum atomic E-state index is 12.9. The minimum atomic E-state index is -4.45. The van der Waals surface area contributed by atoms with E-state index in [1.807, 2.05) is 0 Å². The van der Waals surface area contributed by atoms with Crippen molar-refractivity contribution in [2.24, 2.45) is 5.73 Å². The molecular weight excluding hydrogens is 345 g/mol. The number of nitrogens with one attached hydrogen (secondary N) is 1. The average Bonchev–Trinajstić information content (AvgIpc) is 3.15. The molecule has 3 rings (SSSR count). The molecule has 0 bridgehead atoms. The van der Waals surface area contributed by atoms with Crippen LogP contribution in [-0.2, 0) is 6.18 Å². The SMILES string of the molecule is NC(=O)Nc1cc(-c2cccc(C(F)(F)F)c2)sc1-c1nnco1. The third kappa shape index (κ3) is 3.23. The maximum Gasteiger partial charge on any atom is 0.416 e. The number of rotatable bonds is 3. The summed E-state index contributed by atoms with van der Waals surface area (Å²) >= 11 is 1.10. The molecule has 0 saturated heterocycles. The Balaban J connectivity index is 2.08. The second-order valence-electron chi connectivity index (χ2n) is 4.67. The third-order valence-electron chi connectivity index (χ3n) is 3.02. The molecule has 0 aliphatic heterocycles. The summed E-state index contributed by atoms with van der Waals surface area (Å²) in [6.45, 7) is 0. The number of carbonyl (C=O) groups excluding carboxylic acids is 1. The second kappa shape index (κ2) is 5.96. The van der Waals surface area contributed by atoms with E-state index in [1.165, 1.54) is 18.2 Å². The van der Waals surface area contributed by atoms with Gasteiger partial charge in [-0.05, 0) is 23.8 Å². The van der Waals surface area contributed by atoms with Gasteiger partial charge in [0.1, 0.15) is 4.88 Å². The minimum Gasteiger partial charge on any atom is -0.423 e. The molecule has 2 aromatic heterocycles. The Kier molecular flexibility index (Phi) is 3.97. The van der Waals surface area contributed by atoms with E-state index in [2.05, 4.69) is 15.5 Å². The zero-order chi connectivity index (χ0) is 17.3. The number of nitrogens with zero attached hydrogens (tertiary/aromatic N) is 2. The summed E-state index contributed by atoms with van der Waals surface area (Å²) in [6, 6.07) is 5.54. The first-order valence-electron chi connectivity index (χ1n) is 6.49. The molecule has 3 aromatic rings. The van der Waals surface area contributed by atoms with E-state index in [0.717, 1.165) is 29.9 Å². The Morgan fingerprint density at radius 1 is 1.29 bits per heavy atom. The lowest BCUT2D eigenvalue weighted by Crippen LogP contribution is -2.19. The van der Waals surface area contributed by atoms with E-state index < -0.39 is 17.8 Å². The summed E-state index contributed by atoms with van der Waals surface area (Å²) in [5.74, 6) is 0.127. The van der Waals surface area contributed by atoms with Gasteiger partial charge in [-0.1, -0.05) is 12.1 Å². The monoisotopic (exact) mass is 354 g/mol. The molecule has 24 heavy (non-hydrogen) atoms. The van der Waals surface area contributed by atoms with Crippen LogP contribution in [0.3, 0.4) is 0 Å². The van der Waals surface area contributed by atoms with Gasteiger partial charge < -0.3 is 15.5 Å². The number of anilines is 1. The fraction of sp³-hybridized carbons (Fsp3) is 0.0714. The lowest BCUT2D eigenvalue weighted by Gasteiger charge is -2.07. The highest BCUT2D eigenvalue weighted by molar-refractivity contribution is 7.19. The van der Waals surface area contributed by atoms with Crippen LogP contribution in [0.15, 0.2) is 41.1 Å². The third-order valence-corrected chi connectivity index (χ3v) is 4.19. The molecule has 0 aliphatic carbocycles. The van der Waals surface area contributed by atoms with Crippen LogP contribution in [0, 0.1) is 0 Å². The first-order chi connectivity index (χ1) is 11.3. The predicted molar refractivity (Wildman–Crippen MR) is 81.3 cm³/mol. The van der Waals surface area contributed by atoms with Crippen molar-refractivity contribution in [1.29, 1.82) is 0 Å². The molecule has 3 N–H and O–H groups in total. The number of nitrogens with two attached hydrogens (primary N) is 1. The van der Waals surface area contributed by atoms with Gasteiger partial charge >= 0.3 is 12.2 Å². The number of urea groups is 1. The minimum absolute atomic E-state index is 0.127. The number of aromatic nitrogens is 2. The molecule has 0 aliphatic rings. The van der Waals surface area contributed by atoms with E-state index in [0.29, 0.717) is 15.3 Å². The molecule has 0 spiro atoms. The van der Waals surface area contributed by atoms with Gasteiger partial charge in [0.15, 0.2) is 0 Å². The lowest BCUT2D eigenvalue weighted by molar-refractivity contribution is -0.137. The number of hydrogen-bond donors (Lipinski definition) is 2. The first-order valence-corrected chi connectivity index (χ1v) is 7.30. The number of benzene rings is 1. The Hall–Kier alpha value is -2.88. The highest BCUT2D eigenvalue weighted by atomic mass is 32.1. The predicted octanol–water partition coefficient (Wildman–Crippen LogP) is 3.97. The van der Waals surface area contributed by atoms with Crippen molar-refractivity contribution < 1.29 is 22.4 Å². The van der Waals surface area contributed by atoms with E-state index in [-0.39, 0.29) is 11.6 Å². The zero-order valence-corrected chi connectivity index (χ0v) is 12.6. The number of thiophene rings is 1. The van der Waals surface area contributed by atoms with E-state index in [4.69, 9.17) is 10.2 Å². The molecule has 2 heterocycles. The largest absolute Gasteiger partial charge is 0.423 e. The summed E-state index contributed by atoms with van der Waals surface area (Å²) in [4.78, 5) is 12.0. The van der Waals surface area contributed by atoms with Crippen LogP contribution >= 0.6 is 11.3 Å². The smallest absolute Gasteiger partial charge is 0.416 e. The molecule has 0 radical (unpaired) electrons. The molecule has 10 heteroatoms.